The summed E-state index contributed by atoms with van der Waals surface area (Å²) in [7, 11) is 0. The molecule has 2 atom stereocenters. The summed E-state index contributed by atoms with van der Waals surface area (Å²) in [6.45, 7) is 2.80. The van der Waals surface area contributed by atoms with Crippen LogP contribution in [0.3, 0.4) is 0 Å². The molecule has 4 rings (SSSR count). The minimum atomic E-state index is -0.593. The van der Waals surface area contributed by atoms with Crippen molar-refractivity contribution in [3.8, 4) is 17.1 Å². The molecule has 0 spiro atoms. The van der Waals surface area contributed by atoms with Gasteiger partial charge in [-0.25, -0.2) is 0 Å². The second-order valence-corrected chi connectivity index (χ2v) is 8.89. The molecule has 8 nitrogen and oxygen atoms in total. The molecule has 10 heteroatoms. The van der Waals surface area contributed by atoms with Gasteiger partial charge >= 0.3 is 0 Å². The molecule has 1 aliphatic rings. The minimum Gasteiger partial charge on any atom is -0.493 e. The zero-order valence-corrected chi connectivity index (χ0v) is 19.6. The Hall–Kier alpha value is -2.81. The number of nitrogens with one attached hydrogen (secondary N) is 1. The Labute approximate surface area is 201 Å². The van der Waals surface area contributed by atoms with Crippen LogP contribution in [-0.2, 0) is 6.42 Å². The van der Waals surface area contributed by atoms with Crippen LogP contribution in [0.1, 0.15) is 35.9 Å². The van der Waals surface area contributed by atoms with Gasteiger partial charge in [-0.3, -0.25) is 5.41 Å². The third-order valence-corrected chi connectivity index (χ3v) is 6.34. The predicted molar refractivity (Wildman–Crippen MR) is 127 cm³/mol. The van der Waals surface area contributed by atoms with E-state index in [1.54, 1.807) is 11.0 Å². The largest absolute Gasteiger partial charge is 0.493 e. The van der Waals surface area contributed by atoms with Gasteiger partial charge in [-0.15, -0.1) is 0 Å². The number of rotatable bonds is 7. The van der Waals surface area contributed by atoms with Crippen molar-refractivity contribution in [2.75, 3.05) is 13.2 Å². The maximum absolute atomic E-state index is 9.94. The average molecular weight is 490 g/mol. The SMILES string of the molecule is Cc1cc(-c2noc([C@@H]3C[C@@H](O)CN3C(=N)N)n2)ccc1OCCCc1ccc(Cl)c(Cl)c1. The Morgan fingerprint density at radius 3 is 2.82 bits per heavy atom. The number of nitrogens with two attached hydrogens (primary N) is 1. The number of guanidine groups is 1. The van der Waals surface area contributed by atoms with E-state index in [0.717, 1.165) is 35.3 Å². The van der Waals surface area contributed by atoms with E-state index in [-0.39, 0.29) is 12.5 Å². The number of hydrogen-bond donors (Lipinski definition) is 3. The van der Waals surface area contributed by atoms with Crippen molar-refractivity contribution in [3.05, 3.63) is 63.5 Å². The third-order valence-electron chi connectivity index (χ3n) is 5.60. The number of β-amino-alcohol motifs (C(OH)–C–C–N with tert-alkyl or cyclic N) is 1. The Morgan fingerprint density at radius 1 is 1.27 bits per heavy atom. The highest BCUT2D eigenvalue weighted by Gasteiger charge is 2.36. The first-order valence-corrected chi connectivity index (χ1v) is 11.4. The standard InChI is InChI=1S/C23H25Cl2N5O3/c1-13-9-15(21-28-22(33-29-21)19-11-16(31)12-30(19)23(26)27)5-7-20(13)32-8-2-3-14-4-6-17(24)18(25)10-14/h4-7,9-10,16,19,31H,2-3,8,11-12H2,1H3,(H3,26,27)/t16-,19+/m1/s1. The van der Waals surface area contributed by atoms with Crippen LogP contribution in [0.15, 0.2) is 40.9 Å². The lowest BCUT2D eigenvalue weighted by molar-refractivity contribution is 0.187. The lowest BCUT2D eigenvalue weighted by Gasteiger charge is -2.20. The van der Waals surface area contributed by atoms with E-state index in [2.05, 4.69) is 10.1 Å². The summed E-state index contributed by atoms with van der Waals surface area (Å²) < 4.78 is 11.4. The van der Waals surface area contributed by atoms with Crippen molar-refractivity contribution < 1.29 is 14.4 Å². The van der Waals surface area contributed by atoms with Crippen LogP contribution in [0, 0.1) is 12.3 Å². The van der Waals surface area contributed by atoms with Crippen LogP contribution >= 0.6 is 23.2 Å². The molecule has 174 valence electrons. The topological polar surface area (TPSA) is 121 Å². The van der Waals surface area contributed by atoms with E-state index < -0.39 is 12.1 Å². The van der Waals surface area contributed by atoms with Gasteiger partial charge in [-0.05, 0) is 61.2 Å². The van der Waals surface area contributed by atoms with E-state index in [0.29, 0.717) is 34.8 Å². The Kier molecular flexibility index (Phi) is 7.07. The monoisotopic (exact) mass is 489 g/mol. The van der Waals surface area contributed by atoms with E-state index >= 15 is 0 Å². The first-order valence-electron chi connectivity index (χ1n) is 10.6. The first kappa shape index (κ1) is 23.4. The molecule has 0 radical (unpaired) electrons. The Morgan fingerprint density at radius 2 is 2.09 bits per heavy atom. The van der Waals surface area contributed by atoms with Crippen LogP contribution in [0.25, 0.3) is 11.4 Å². The number of likely N-dealkylation sites (tertiary alicyclic amines) is 1. The third kappa shape index (κ3) is 5.40. The normalized spacial score (nSPS) is 18.0. The number of aliphatic hydroxyl groups excluding tert-OH is 1. The predicted octanol–water partition coefficient (Wildman–Crippen LogP) is 4.36. The number of nitrogens with zero attached hydrogens (tertiary/aromatic N) is 3. The molecule has 1 aromatic heterocycles. The highest BCUT2D eigenvalue weighted by atomic mass is 35.5. The molecule has 1 saturated heterocycles. The van der Waals surface area contributed by atoms with Gasteiger partial charge < -0.3 is 25.0 Å². The molecule has 3 aromatic rings. The fraction of sp³-hybridized carbons (Fsp3) is 0.348. The maximum Gasteiger partial charge on any atom is 0.249 e. The molecule has 0 bridgehead atoms. The van der Waals surface area contributed by atoms with Crippen LogP contribution in [0.5, 0.6) is 5.75 Å². The van der Waals surface area contributed by atoms with Crippen molar-refractivity contribution in [3.63, 3.8) is 0 Å². The molecule has 0 saturated carbocycles. The van der Waals surface area contributed by atoms with Gasteiger partial charge in [0.15, 0.2) is 5.96 Å². The second-order valence-electron chi connectivity index (χ2n) is 8.08. The van der Waals surface area contributed by atoms with Crippen molar-refractivity contribution in [2.45, 2.75) is 38.3 Å². The van der Waals surface area contributed by atoms with Crippen LogP contribution < -0.4 is 10.5 Å². The van der Waals surface area contributed by atoms with E-state index in [1.165, 1.54) is 0 Å². The molecule has 2 heterocycles. The smallest absolute Gasteiger partial charge is 0.249 e. The fourth-order valence-electron chi connectivity index (χ4n) is 3.91. The van der Waals surface area contributed by atoms with Gasteiger partial charge in [0.25, 0.3) is 0 Å². The Bertz CT molecular complexity index is 1150. The Balaban J connectivity index is 1.37. The summed E-state index contributed by atoms with van der Waals surface area (Å²) in [6, 6.07) is 11.0. The zero-order chi connectivity index (χ0) is 23.5. The highest BCUT2D eigenvalue weighted by Crippen LogP contribution is 2.32. The number of aryl methyl sites for hydroxylation is 2. The van der Waals surface area contributed by atoms with Crippen molar-refractivity contribution in [1.82, 2.24) is 15.0 Å². The van der Waals surface area contributed by atoms with Crippen LogP contribution in [0.2, 0.25) is 10.0 Å². The molecule has 0 unspecified atom stereocenters. The van der Waals surface area contributed by atoms with Gasteiger partial charge in [-0.2, -0.15) is 4.98 Å². The molecule has 0 aliphatic carbocycles. The summed E-state index contributed by atoms with van der Waals surface area (Å²) in [5.41, 5.74) is 8.48. The summed E-state index contributed by atoms with van der Waals surface area (Å²) in [4.78, 5) is 6.04. The number of benzene rings is 2. The number of ether oxygens (including phenoxy) is 1. The molecule has 1 aliphatic heterocycles. The summed E-state index contributed by atoms with van der Waals surface area (Å²) >= 11 is 12.0. The lowest BCUT2D eigenvalue weighted by Crippen LogP contribution is -2.36. The van der Waals surface area contributed by atoms with Crippen LogP contribution in [-0.4, -0.2) is 45.4 Å². The summed E-state index contributed by atoms with van der Waals surface area (Å²) in [5.74, 6) is 1.42. The minimum absolute atomic E-state index is 0.132. The second kappa shape index (κ2) is 9.99. The number of hydrogen-bond acceptors (Lipinski definition) is 6. The fourth-order valence-corrected chi connectivity index (χ4v) is 4.23. The van der Waals surface area contributed by atoms with Gasteiger partial charge in [0.2, 0.25) is 11.7 Å². The average Bonchev–Trinajstić information content (AvgIpc) is 3.41. The number of aromatic nitrogens is 2. The van der Waals surface area contributed by atoms with Crippen molar-refractivity contribution in [1.29, 1.82) is 5.41 Å². The number of aliphatic hydroxyl groups is 1. The molecular formula is C23H25Cl2N5O3. The van der Waals surface area contributed by atoms with Gasteiger partial charge in [-0.1, -0.05) is 34.4 Å². The molecular weight excluding hydrogens is 465 g/mol. The first-order chi connectivity index (χ1) is 15.8. The molecule has 1 fully saturated rings. The zero-order valence-electron chi connectivity index (χ0n) is 18.1. The van der Waals surface area contributed by atoms with Gasteiger partial charge in [0, 0.05) is 18.5 Å². The van der Waals surface area contributed by atoms with Gasteiger partial charge in [0.05, 0.1) is 22.8 Å². The van der Waals surface area contributed by atoms with Crippen LogP contribution in [0.4, 0.5) is 0 Å². The molecule has 2 aromatic carbocycles. The van der Waals surface area contributed by atoms with E-state index in [9.17, 15) is 5.11 Å². The van der Waals surface area contributed by atoms with E-state index in [1.807, 2.05) is 37.3 Å². The quantitative estimate of drug-likeness (QED) is 0.256. The van der Waals surface area contributed by atoms with E-state index in [4.69, 9.17) is 43.6 Å². The molecule has 33 heavy (non-hydrogen) atoms. The maximum atomic E-state index is 9.94. The summed E-state index contributed by atoms with van der Waals surface area (Å²) in [5, 5.41) is 22.8. The number of halogens is 2. The lowest BCUT2D eigenvalue weighted by atomic mass is 10.1. The molecule has 4 N–H and O–H groups in total. The summed E-state index contributed by atoms with van der Waals surface area (Å²) in [6.07, 6.45) is 1.47. The molecule has 0 amide bonds. The highest BCUT2D eigenvalue weighted by molar-refractivity contribution is 6.42. The van der Waals surface area contributed by atoms with Crippen molar-refractivity contribution >= 4 is 29.2 Å². The van der Waals surface area contributed by atoms with Gasteiger partial charge in [0.1, 0.15) is 11.8 Å². The van der Waals surface area contributed by atoms with Crippen molar-refractivity contribution in [2.24, 2.45) is 5.73 Å².